The zero-order valence-corrected chi connectivity index (χ0v) is 8.20. The number of phenols is 1. The third-order valence-electron chi connectivity index (χ3n) is 2.35. The van der Waals surface area contributed by atoms with Crippen molar-refractivity contribution in [2.75, 3.05) is 5.75 Å². The van der Waals surface area contributed by atoms with Crippen molar-refractivity contribution in [3.8, 4) is 5.75 Å². The maximum Gasteiger partial charge on any atom is 0.138 e. The molecule has 0 fully saturated rings. The molecule has 0 bridgehead atoms. The SMILES string of the molecule is CC1(F)CCSc2cccc(O)c21. The lowest BCUT2D eigenvalue weighted by Gasteiger charge is -2.28. The summed E-state index contributed by atoms with van der Waals surface area (Å²) < 4.78 is 14.0. The summed E-state index contributed by atoms with van der Waals surface area (Å²) in [5, 5.41) is 9.54. The molecule has 0 aromatic heterocycles. The predicted octanol–water partition coefficient (Wildman–Crippen LogP) is 3.07. The number of hydrogen-bond donors (Lipinski definition) is 1. The van der Waals surface area contributed by atoms with Gasteiger partial charge in [-0.2, -0.15) is 0 Å². The zero-order chi connectivity index (χ0) is 9.47. The Morgan fingerprint density at radius 2 is 2.31 bits per heavy atom. The molecule has 0 saturated heterocycles. The van der Waals surface area contributed by atoms with E-state index in [1.54, 1.807) is 23.9 Å². The van der Waals surface area contributed by atoms with Crippen molar-refractivity contribution in [2.45, 2.75) is 23.9 Å². The molecule has 0 radical (unpaired) electrons. The van der Waals surface area contributed by atoms with Crippen LogP contribution in [0.15, 0.2) is 23.1 Å². The highest BCUT2D eigenvalue weighted by Crippen LogP contribution is 2.46. The Bertz CT molecular complexity index is 336. The Kier molecular flexibility index (Phi) is 1.99. The number of benzene rings is 1. The third-order valence-corrected chi connectivity index (χ3v) is 3.41. The number of fused-ring (bicyclic) bond motifs is 1. The second-order valence-electron chi connectivity index (χ2n) is 3.45. The van der Waals surface area contributed by atoms with Gasteiger partial charge in [0, 0.05) is 16.2 Å². The van der Waals surface area contributed by atoms with E-state index in [0.29, 0.717) is 12.0 Å². The van der Waals surface area contributed by atoms with Gasteiger partial charge in [0.1, 0.15) is 11.4 Å². The molecule has 70 valence electrons. The second kappa shape index (κ2) is 2.91. The van der Waals surface area contributed by atoms with Gasteiger partial charge in [0.05, 0.1) is 0 Å². The molecule has 13 heavy (non-hydrogen) atoms. The molecule has 1 N–H and O–H groups in total. The summed E-state index contributed by atoms with van der Waals surface area (Å²) in [7, 11) is 0. The van der Waals surface area contributed by atoms with Gasteiger partial charge in [-0.25, -0.2) is 4.39 Å². The second-order valence-corrected chi connectivity index (χ2v) is 4.58. The number of halogens is 1. The summed E-state index contributed by atoms with van der Waals surface area (Å²) in [4.78, 5) is 0.872. The van der Waals surface area contributed by atoms with Gasteiger partial charge in [0.2, 0.25) is 0 Å². The number of hydrogen-bond acceptors (Lipinski definition) is 2. The molecule has 1 heterocycles. The highest BCUT2D eigenvalue weighted by Gasteiger charge is 2.34. The van der Waals surface area contributed by atoms with Crippen molar-refractivity contribution >= 4 is 11.8 Å². The van der Waals surface area contributed by atoms with E-state index < -0.39 is 5.67 Å². The van der Waals surface area contributed by atoms with E-state index in [1.807, 2.05) is 6.07 Å². The largest absolute Gasteiger partial charge is 0.508 e. The van der Waals surface area contributed by atoms with Crippen LogP contribution >= 0.6 is 11.8 Å². The van der Waals surface area contributed by atoms with Crippen LogP contribution in [-0.2, 0) is 5.67 Å². The van der Waals surface area contributed by atoms with Crippen LogP contribution in [0.2, 0.25) is 0 Å². The minimum Gasteiger partial charge on any atom is -0.508 e. The molecule has 0 spiro atoms. The quantitative estimate of drug-likeness (QED) is 0.691. The van der Waals surface area contributed by atoms with Crippen LogP contribution in [0.25, 0.3) is 0 Å². The number of rotatable bonds is 0. The first-order valence-corrected chi connectivity index (χ1v) is 5.24. The molecule has 1 atom stereocenters. The average Bonchev–Trinajstić information content (AvgIpc) is 2.02. The van der Waals surface area contributed by atoms with Gasteiger partial charge in [-0.15, -0.1) is 11.8 Å². The van der Waals surface area contributed by atoms with Crippen molar-refractivity contribution in [1.82, 2.24) is 0 Å². The van der Waals surface area contributed by atoms with Crippen LogP contribution in [-0.4, -0.2) is 10.9 Å². The molecule has 1 aliphatic heterocycles. The lowest BCUT2D eigenvalue weighted by atomic mass is 9.94. The Balaban J connectivity index is 2.61. The van der Waals surface area contributed by atoms with Crippen LogP contribution in [0.4, 0.5) is 4.39 Å². The van der Waals surface area contributed by atoms with E-state index in [2.05, 4.69) is 0 Å². The molecule has 1 unspecified atom stereocenters. The Morgan fingerprint density at radius 3 is 3.00 bits per heavy atom. The number of aromatic hydroxyl groups is 1. The molecule has 1 nitrogen and oxygen atoms in total. The molecular formula is C10H11FOS. The average molecular weight is 198 g/mol. The van der Waals surface area contributed by atoms with Crippen LogP contribution in [0.1, 0.15) is 18.9 Å². The van der Waals surface area contributed by atoms with Crippen molar-refractivity contribution in [3.05, 3.63) is 23.8 Å². The van der Waals surface area contributed by atoms with E-state index in [-0.39, 0.29) is 5.75 Å². The van der Waals surface area contributed by atoms with E-state index in [9.17, 15) is 9.50 Å². The molecule has 0 saturated carbocycles. The predicted molar refractivity (Wildman–Crippen MR) is 51.9 cm³/mol. The van der Waals surface area contributed by atoms with E-state index in [1.165, 1.54) is 6.92 Å². The first kappa shape index (κ1) is 8.88. The maximum absolute atomic E-state index is 14.0. The normalized spacial score (nSPS) is 26.9. The number of phenolic OH excluding ortho intramolecular Hbond substituents is 1. The van der Waals surface area contributed by atoms with Crippen molar-refractivity contribution in [1.29, 1.82) is 0 Å². The highest BCUT2D eigenvalue weighted by atomic mass is 32.2. The Hall–Kier alpha value is -0.700. The number of alkyl halides is 1. The van der Waals surface area contributed by atoms with Gasteiger partial charge in [0.15, 0.2) is 0 Å². The molecule has 0 aliphatic carbocycles. The lowest BCUT2D eigenvalue weighted by molar-refractivity contribution is 0.175. The molecule has 1 aromatic carbocycles. The topological polar surface area (TPSA) is 20.2 Å². The fourth-order valence-electron chi connectivity index (χ4n) is 1.64. The molecule has 0 amide bonds. The van der Waals surface area contributed by atoms with Crippen molar-refractivity contribution in [3.63, 3.8) is 0 Å². The van der Waals surface area contributed by atoms with Crippen LogP contribution < -0.4 is 0 Å². The maximum atomic E-state index is 14.0. The van der Waals surface area contributed by atoms with Gasteiger partial charge in [-0.05, 0) is 25.5 Å². The summed E-state index contributed by atoms with van der Waals surface area (Å²) in [5.74, 6) is 0.860. The molecule has 3 heteroatoms. The first-order valence-electron chi connectivity index (χ1n) is 4.25. The van der Waals surface area contributed by atoms with E-state index in [0.717, 1.165) is 10.6 Å². The highest BCUT2D eigenvalue weighted by molar-refractivity contribution is 7.99. The lowest BCUT2D eigenvalue weighted by Crippen LogP contribution is -2.21. The first-order chi connectivity index (χ1) is 6.11. The van der Waals surface area contributed by atoms with Gasteiger partial charge in [-0.1, -0.05) is 6.07 Å². The fourth-order valence-corrected chi connectivity index (χ4v) is 2.98. The van der Waals surface area contributed by atoms with Crippen molar-refractivity contribution in [2.24, 2.45) is 0 Å². The molecule has 2 rings (SSSR count). The minimum atomic E-state index is -1.37. The minimum absolute atomic E-state index is 0.0784. The summed E-state index contributed by atoms with van der Waals surface area (Å²) in [6.07, 6.45) is 0.474. The van der Waals surface area contributed by atoms with Crippen molar-refractivity contribution < 1.29 is 9.50 Å². The van der Waals surface area contributed by atoms with Gasteiger partial charge in [0.25, 0.3) is 0 Å². The third kappa shape index (κ3) is 1.41. The number of thioether (sulfide) groups is 1. The standard InChI is InChI=1S/C10H11FOS/c1-10(11)5-6-13-8-4-2-3-7(12)9(8)10/h2-4,12H,5-6H2,1H3. The van der Waals surface area contributed by atoms with Crippen LogP contribution in [0.3, 0.4) is 0 Å². The van der Waals surface area contributed by atoms with Gasteiger partial charge in [-0.3, -0.25) is 0 Å². The van der Waals surface area contributed by atoms with Crippen LogP contribution in [0.5, 0.6) is 5.75 Å². The van der Waals surface area contributed by atoms with Gasteiger partial charge >= 0.3 is 0 Å². The summed E-state index contributed by atoms with van der Waals surface area (Å²) in [6, 6.07) is 5.15. The summed E-state index contributed by atoms with van der Waals surface area (Å²) >= 11 is 1.61. The van der Waals surface area contributed by atoms with Gasteiger partial charge < -0.3 is 5.11 Å². The Morgan fingerprint density at radius 1 is 1.54 bits per heavy atom. The molecule has 1 aromatic rings. The molecular weight excluding hydrogens is 187 g/mol. The van der Waals surface area contributed by atoms with E-state index in [4.69, 9.17) is 0 Å². The Labute approximate surface area is 81.0 Å². The summed E-state index contributed by atoms with van der Waals surface area (Å²) in [5.41, 5.74) is -0.905. The summed E-state index contributed by atoms with van der Waals surface area (Å²) in [6.45, 7) is 1.53. The monoisotopic (exact) mass is 198 g/mol. The van der Waals surface area contributed by atoms with Crippen LogP contribution in [0, 0.1) is 0 Å². The smallest absolute Gasteiger partial charge is 0.138 e. The zero-order valence-electron chi connectivity index (χ0n) is 7.38. The molecule has 1 aliphatic rings. The van der Waals surface area contributed by atoms with E-state index >= 15 is 0 Å². The fraction of sp³-hybridized carbons (Fsp3) is 0.400.